The molecule has 2 heteroatoms. The minimum Gasteiger partial charge on any atom is -0.506 e. The van der Waals surface area contributed by atoms with Crippen molar-refractivity contribution in [3.05, 3.63) is 29.3 Å². The fourth-order valence-electron chi connectivity index (χ4n) is 0.939. The molecule has 0 saturated heterocycles. The van der Waals surface area contributed by atoms with Crippen molar-refractivity contribution in [2.24, 2.45) is 0 Å². The molecule has 0 aliphatic heterocycles. The van der Waals surface area contributed by atoms with Gasteiger partial charge in [0, 0.05) is 0 Å². The summed E-state index contributed by atoms with van der Waals surface area (Å²) in [5.41, 5.74) is 1.37. The van der Waals surface area contributed by atoms with Crippen molar-refractivity contribution in [2.75, 3.05) is 0 Å². The predicted octanol–water partition coefficient (Wildman–Crippen LogP) is 1.97. The van der Waals surface area contributed by atoms with Crippen molar-refractivity contribution < 1.29 is 5.11 Å². The summed E-state index contributed by atoms with van der Waals surface area (Å²) in [5, 5.41) is 17.8. The average Bonchev–Trinajstić information content (AvgIpc) is 2.13. The molecule has 0 bridgehead atoms. The molecule has 2 nitrogen and oxygen atoms in total. The number of nitrogens with zero attached hydrogens (tertiary/aromatic N) is 1. The monoisotopic (exact) mass is 171 g/mol. The number of phenolic OH excluding ortho intramolecular Hbond substituents is 1. The highest BCUT2D eigenvalue weighted by atomic mass is 16.3. The van der Waals surface area contributed by atoms with Gasteiger partial charge in [-0.25, -0.2) is 0 Å². The van der Waals surface area contributed by atoms with Gasteiger partial charge >= 0.3 is 0 Å². The van der Waals surface area contributed by atoms with Gasteiger partial charge in [-0.2, -0.15) is 5.26 Å². The van der Waals surface area contributed by atoms with Crippen LogP contribution >= 0.6 is 0 Å². The third-order valence-corrected chi connectivity index (χ3v) is 1.63. The second-order valence-electron chi connectivity index (χ2n) is 2.61. The second kappa shape index (κ2) is 4.18. The number of rotatable bonds is 0. The molecule has 0 saturated carbocycles. The van der Waals surface area contributed by atoms with E-state index in [0.717, 1.165) is 5.56 Å². The molecule has 0 heterocycles. The van der Waals surface area contributed by atoms with Gasteiger partial charge in [0.2, 0.25) is 0 Å². The van der Waals surface area contributed by atoms with E-state index in [1.807, 2.05) is 25.1 Å². The Morgan fingerprint density at radius 2 is 2.23 bits per heavy atom. The molecule has 0 aliphatic carbocycles. The fourth-order valence-corrected chi connectivity index (χ4v) is 0.939. The Hall–Kier alpha value is -1.93. The molecule has 0 aromatic heterocycles. The van der Waals surface area contributed by atoms with Gasteiger partial charge in [0.15, 0.2) is 0 Å². The van der Waals surface area contributed by atoms with Gasteiger partial charge in [-0.15, -0.1) is 0 Å². The highest BCUT2D eigenvalue weighted by molar-refractivity contribution is 5.49. The van der Waals surface area contributed by atoms with Crippen molar-refractivity contribution in [3.63, 3.8) is 0 Å². The molecule has 0 atom stereocenters. The van der Waals surface area contributed by atoms with E-state index in [1.54, 1.807) is 6.07 Å². The summed E-state index contributed by atoms with van der Waals surface area (Å²) in [6.07, 6.45) is 0.188. The molecule has 0 unspecified atom stereocenters. The van der Waals surface area contributed by atoms with E-state index in [-0.39, 0.29) is 12.2 Å². The van der Waals surface area contributed by atoms with E-state index < -0.39 is 0 Å². The molecule has 0 spiro atoms. The fraction of sp³-hybridized carbons (Fsp3) is 0.182. The van der Waals surface area contributed by atoms with Gasteiger partial charge in [-0.05, 0) is 18.6 Å². The van der Waals surface area contributed by atoms with Crippen molar-refractivity contribution in [2.45, 2.75) is 13.3 Å². The van der Waals surface area contributed by atoms with Crippen LogP contribution in [0.25, 0.3) is 0 Å². The zero-order chi connectivity index (χ0) is 9.68. The maximum Gasteiger partial charge on any atom is 0.134 e. The lowest BCUT2D eigenvalue weighted by atomic mass is 10.1. The van der Waals surface area contributed by atoms with Crippen LogP contribution < -0.4 is 0 Å². The molecule has 0 amide bonds. The molecule has 1 rings (SSSR count). The number of benzene rings is 1. The summed E-state index contributed by atoms with van der Waals surface area (Å²) in [6.45, 7) is 1.81. The smallest absolute Gasteiger partial charge is 0.134 e. The van der Waals surface area contributed by atoms with Crippen LogP contribution in [-0.2, 0) is 0 Å². The van der Waals surface area contributed by atoms with Crippen LogP contribution in [0.5, 0.6) is 5.75 Å². The summed E-state index contributed by atoms with van der Waals surface area (Å²) in [6, 6.07) is 7.28. The largest absolute Gasteiger partial charge is 0.506 e. The Kier molecular flexibility index (Phi) is 2.95. The summed E-state index contributed by atoms with van der Waals surface area (Å²) in [7, 11) is 0. The Morgan fingerprint density at radius 3 is 2.92 bits per heavy atom. The minimum atomic E-state index is 0.188. The number of hydrogen-bond acceptors (Lipinski definition) is 2. The van der Waals surface area contributed by atoms with Crippen LogP contribution in [0.1, 0.15) is 17.5 Å². The molecule has 1 aromatic carbocycles. The summed E-state index contributed by atoms with van der Waals surface area (Å²) in [4.78, 5) is 0. The van der Waals surface area contributed by atoms with Crippen LogP contribution in [0.4, 0.5) is 0 Å². The topological polar surface area (TPSA) is 44.0 Å². The van der Waals surface area contributed by atoms with Gasteiger partial charge in [-0.3, -0.25) is 0 Å². The highest BCUT2D eigenvalue weighted by Crippen LogP contribution is 2.19. The Balaban J connectivity index is 2.99. The number of aryl methyl sites for hydroxylation is 1. The molecule has 64 valence electrons. The highest BCUT2D eigenvalue weighted by Gasteiger charge is 1.98. The maximum atomic E-state index is 9.51. The van der Waals surface area contributed by atoms with Crippen molar-refractivity contribution in [1.29, 1.82) is 5.26 Å². The Morgan fingerprint density at radius 1 is 1.46 bits per heavy atom. The van der Waals surface area contributed by atoms with E-state index in [9.17, 15) is 5.11 Å². The Labute approximate surface area is 77.4 Å². The van der Waals surface area contributed by atoms with Crippen LogP contribution in [0, 0.1) is 30.1 Å². The zero-order valence-electron chi connectivity index (χ0n) is 7.33. The van der Waals surface area contributed by atoms with Gasteiger partial charge in [0.05, 0.1) is 18.1 Å². The molecule has 0 fully saturated rings. The summed E-state index contributed by atoms with van der Waals surface area (Å²) >= 11 is 0. The molecule has 0 aliphatic rings. The first-order valence-electron chi connectivity index (χ1n) is 3.90. The minimum absolute atomic E-state index is 0.188. The standard InChI is InChI=1S/C11H9NO/c1-9-5-4-7-10(11(9)13)6-2-3-8-12/h4-5,7,13H,3H2,1H3. The second-order valence-corrected chi connectivity index (χ2v) is 2.61. The van der Waals surface area contributed by atoms with E-state index in [1.165, 1.54) is 0 Å². The van der Waals surface area contributed by atoms with Gasteiger partial charge in [0.25, 0.3) is 0 Å². The van der Waals surface area contributed by atoms with Crippen LogP contribution in [0.3, 0.4) is 0 Å². The number of para-hydroxylation sites is 1. The van der Waals surface area contributed by atoms with Crippen molar-refractivity contribution in [1.82, 2.24) is 0 Å². The number of phenols is 1. The van der Waals surface area contributed by atoms with E-state index in [4.69, 9.17) is 5.26 Å². The molecule has 1 N–H and O–H groups in total. The normalized spacial score (nSPS) is 8.31. The number of nitriles is 1. The molecule has 13 heavy (non-hydrogen) atoms. The van der Waals surface area contributed by atoms with Gasteiger partial charge < -0.3 is 5.11 Å². The predicted molar refractivity (Wildman–Crippen MR) is 50.0 cm³/mol. The molecule has 1 aromatic rings. The third-order valence-electron chi connectivity index (χ3n) is 1.63. The van der Waals surface area contributed by atoms with Crippen molar-refractivity contribution >= 4 is 0 Å². The maximum absolute atomic E-state index is 9.51. The SMILES string of the molecule is Cc1cccc(C#CCC#N)c1O. The van der Waals surface area contributed by atoms with E-state index in [2.05, 4.69) is 11.8 Å². The molecule has 0 radical (unpaired) electrons. The van der Waals surface area contributed by atoms with Gasteiger partial charge in [0.1, 0.15) is 5.75 Å². The quantitative estimate of drug-likeness (QED) is 0.606. The lowest BCUT2D eigenvalue weighted by Gasteiger charge is -1.99. The van der Waals surface area contributed by atoms with Crippen LogP contribution in [-0.4, -0.2) is 5.11 Å². The zero-order valence-corrected chi connectivity index (χ0v) is 7.33. The number of aromatic hydroxyl groups is 1. The van der Waals surface area contributed by atoms with Crippen LogP contribution in [0.15, 0.2) is 18.2 Å². The molecular weight excluding hydrogens is 162 g/mol. The van der Waals surface area contributed by atoms with Gasteiger partial charge in [-0.1, -0.05) is 24.0 Å². The average molecular weight is 171 g/mol. The van der Waals surface area contributed by atoms with Crippen molar-refractivity contribution in [3.8, 4) is 23.7 Å². The lowest BCUT2D eigenvalue weighted by molar-refractivity contribution is 0.469. The number of hydrogen-bond donors (Lipinski definition) is 1. The first kappa shape index (κ1) is 9.16. The summed E-state index contributed by atoms with van der Waals surface area (Å²) in [5.74, 6) is 5.58. The van der Waals surface area contributed by atoms with Crippen LogP contribution in [0.2, 0.25) is 0 Å². The van der Waals surface area contributed by atoms with E-state index >= 15 is 0 Å². The first-order valence-corrected chi connectivity index (χ1v) is 3.90. The third kappa shape index (κ3) is 2.25. The Bertz CT molecular complexity index is 404. The first-order chi connectivity index (χ1) is 6.25. The summed E-state index contributed by atoms with van der Waals surface area (Å²) < 4.78 is 0. The molecular formula is C11H9NO. The lowest BCUT2D eigenvalue weighted by Crippen LogP contribution is -1.79. The van der Waals surface area contributed by atoms with E-state index in [0.29, 0.717) is 5.56 Å².